The highest BCUT2D eigenvalue weighted by Gasteiger charge is 2.23. The summed E-state index contributed by atoms with van der Waals surface area (Å²) in [7, 11) is -2.61. The van der Waals surface area contributed by atoms with E-state index in [0.717, 1.165) is 9.87 Å². The minimum atomic E-state index is -3.88. The van der Waals surface area contributed by atoms with Gasteiger partial charge in [-0.25, -0.2) is 13.4 Å². The molecule has 3 aromatic rings. The van der Waals surface area contributed by atoms with Crippen molar-refractivity contribution in [2.75, 3.05) is 13.6 Å². The zero-order chi connectivity index (χ0) is 22.6. The number of halogens is 1. The SMILES string of the molecule is Cc1nc(-c2ccccc2)sc1C(=O)NNC(=O)CN(C)S(=O)(=O)c1ccc(Cl)cc1. The van der Waals surface area contributed by atoms with E-state index in [1.54, 1.807) is 6.92 Å². The highest BCUT2D eigenvalue weighted by molar-refractivity contribution is 7.89. The van der Waals surface area contributed by atoms with Crippen LogP contribution in [0.3, 0.4) is 0 Å². The summed E-state index contributed by atoms with van der Waals surface area (Å²) in [5.74, 6) is -1.23. The van der Waals surface area contributed by atoms with Crippen molar-refractivity contribution in [1.82, 2.24) is 20.1 Å². The number of amides is 2. The summed E-state index contributed by atoms with van der Waals surface area (Å²) in [6, 6.07) is 15.0. The lowest BCUT2D eigenvalue weighted by Gasteiger charge is -2.17. The summed E-state index contributed by atoms with van der Waals surface area (Å²) in [5, 5.41) is 1.08. The molecule has 1 aromatic heterocycles. The van der Waals surface area contributed by atoms with Crippen molar-refractivity contribution in [2.24, 2.45) is 0 Å². The number of nitrogens with one attached hydrogen (secondary N) is 2. The minimum Gasteiger partial charge on any atom is -0.272 e. The third-order valence-electron chi connectivity index (χ3n) is 4.23. The molecule has 1 heterocycles. The maximum Gasteiger partial charge on any atom is 0.281 e. The molecule has 0 radical (unpaired) electrons. The molecule has 31 heavy (non-hydrogen) atoms. The van der Waals surface area contributed by atoms with Crippen LogP contribution in [0.5, 0.6) is 0 Å². The number of aromatic nitrogens is 1. The molecule has 2 N–H and O–H groups in total. The smallest absolute Gasteiger partial charge is 0.272 e. The second-order valence-corrected chi connectivity index (χ2v) is 10.00. The normalized spacial score (nSPS) is 11.4. The molecule has 0 unspecified atom stereocenters. The van der Waals surface area contributed by atoms with Crippen LogP contribution in [0.15, 0.2) is 59.5 Å². The van der Waals surface area contributed by atoms with E-state index in [0.29, 0.717) is 20.6 Å². The Morgan fingerprint density at radius 1 is 1.06 bits per heavy atom. The fraction of sp³-hybridized carbons (Fsp3) is 0.150. The number of likely N-dealkylation sites (N-methyl/N-ethyl adjacent to an activating group) is 1. The van der Waals surface area contributed by atoms with Crippen molar-refractivity contribution >= 4 is 44.8 Å². The number of carbonyl (C=O) groups excluding carboxylic acids is 2. The van der Waals surface area contributed by atoms with E-state index in [9.17, 15) is 18.0 Å². The Bertz CT molecular complexity index is 1200. The molecular formula is C20H19ClN4O4S2. The van der Waals surface area contributed by atoms with Gasteiger partial charge in [0.1, 0.15) is 9.88 Å². The van der Waals surface area contributed by atoms with Crippen LogP contribution < -0.4 is 10.9 Å². The number of hydrogen-bond donors (Lipinski definition) is 2. The van der Waals surface area contributed by atoms with Crippen molar-refractivity contribution in [3.05, 3.63) is 70.2 Å². The van der Waals surface area contributed by atoms with Gasteiger partial charge in [0.25, 0.3) is 11.8 Å². The number of rotatable bonds is 6. The summed E-state index contributed by atoms with van der Waals surface area (Å²) in [5.41, 5.74) is 5.94. The average molecular weight is 479 g/mol. The van der Waals surface area contributed by atoms with E-state index in [-0.39, 0.29) is 4.90 Å². The van der Waals surface area contributed by atoms with Gasteiger partial charge in [0.2, 0.25) is 10.0 Å². The van der Waals surface area contributed by atoms with Crippen LogP contribution in [-0.4, -0.2) is 43.1 Å². The molecule has 0 atom stereocenters. The molecule has 11 heteroatoms. The van der Waals surface area contributed by atoms with Gasteiger partial charge in [-0.05, 0) is 31.2 Å². The second kappa shape index (κ2) is 9.56. The number of benzene rings is 2. The summed E-state index contributed by atoms with van der Waals surface area (Å²) in [4.78, 5) is 29.4. The van der Waals surface area contributed by atoms with Crippen molar-refractivity contribution < 1.29 is 18.0 Å². The molecule has 0 aliphatic heterocycles. The lowest BCUT2D eigenvalue weighted by molar-refractivity contribution is -0.121. The highest BCUT2D eigenvalue weighted by Crippen LogP contribution is 2.27. The average Bonchev–Trinajstić information content (AvgIpc) is 3.14. The Kier molecular flexibility index (Phi) is 7.06. The van der Waals surface area contributed by atoms with Crippen molar-refractivity contribution in [3.63, 3.8) is 0 Å². The largest absolute Gasteiger partial charge is 0.281 e. The van der Waals surface area contributed by atoms with Crippen LogP contribution in [-0.2, 0) is 14.8 Å². The van der Waals surface area contributed by atoms with Gasteiger partial charge in [0, 0.05) is 17.6 Å². The fourth-order valence-electron chi connectivity index (χ4n) is 2.61. The fourth-order valence-corrected chi connectivity index (χ4v) is 4.83. The maximum absolute atomic E-state index is 12.5. The van der Waals surface area contributed by atoms with E-state index in [1.165, 1.54) is 42.6 Å². The first-order chi connectivity index (χ1) is 14.7. The van der Waals surface area contributed by atoms with Gasteiger partial charge in [-0.2, -0.15) is 4.31 Å². The predicted molar refractivity (Wildman–Crippen MR) is 119 cm³/mol. The van der Waals surface area contributed by atoms with Gasteiger partial charge in [-0.15, -0.1) is 11.3 Å². The molecule has 0 saturated heterocycles. The lowest BCUT2D eigenvalue weighted by atomic mass is 10.2. The van der Waals surface area contributed by atoms with Gasteiger partial charge in [0.05, 0.1) is 17.1 Å². The van der Waals surface area contributed by atoms with Crippen LogP contribution >= 0.6 is 22.9 Å². The van der Waals surface area contributed by atoms with Gasteiger partial charge < -0.3 is 0 Å². The molecular weight excluding hydrogens is 460 g/mol. The minimum absolute atomic E-state index is 0.00459. The molecule has 0 aliphatic rings. The molecule has 0 saturated carbocycles. The molecule has 2 amide bonds. The van der Waals surface area contributed by atoms with Crippen LogP contribution in [0.1, 0.15) is 15.4 Å². The lowest BCUT2D eigenvalue weighted by Crippen LogP contribution is -2.46. The number of hydrazine groups is 1. The molecule has 8 nitrogen and oxygen atoms in total. The summed E-state index contributed by atoms with van der Waals surface area (Å²) < 4.78 is 25.9. The summed E-state index contributed by atoms with van der Waals surface area (Å²) in [6.07, 6.45) is 0. The Balaban J connectivity index is 1.60. The van der Waals surface area contributed by atoms with E-state index in [2.05, 4.69) is 15.8 Å². The Morgan fingerprint density at radius 3 is 2.35 bits per heavy atom. The van der Waals surface area contributed by atoms with E-state index >= 15 is 0 Å². The van der Waals surface area contributed by atoms with Crippen LogP contribution in [0.25, 0.3) is 10.6 Å². The highest BCUT2D eigenvalue weighted by atomic mass is 35.5. The first-order valence-electron chi connectivity index (χ1n) is 9.02. The van der Waals surface area contributed by atoms with E-state index < -0.39 is 28.4 Å². The van der Waals surface area contributed by atoms with Gasteiger partial charge in [0.15, 0.2) is 0 Å². The van der Waals surface area contributed by atoms with Crippen molar-refractivity contribution in [1.29, 1.82) is 0 Å². The molecule has 162 valence electrons. The van der Waals surface area contributed by atoms with E-state index in [1.807, 2.05) is 30.3 Å². The quantitative estimate of drug-likeness (QED) is 0.529. The first kappa shape index (κ1) is 22.9. The number of sulfonamides is 1. The third kappa shape index (κ3) is 5.47. The Labute approximate surface area is 188 Å². The monoisotopic (exact) mass is 478 g/mol. The van der Waals surface area contributed by atoms with Gasteiger partial charge in [-0.1, -0.05) is 41.9 Å². The van der Waals surface area contributed by atoms with Gasteiger partial charge in [-0.3, -0.25) is 20.4 Å². The summed E-state index contributed by atoms with van der Waals surface area (Å²) in [6.45, 7) is 1.22. The number of thiazole rings is 1. The number of nitrogens with zero attached hydrogens (tertiary/aromatic N) is 2. The molecule has 0 spiro atoms. The van der Waals surface area contributed by atoms with Crippen LogP contribution in [0, 0.1) is 6.92 Å². The number of hydrogen-bond acceptors (Lipinski definition) is 6. The Morgan fingerprint density at radius 2 is 1.71 bits per heavy atom. The summed E-state index contributed by atoms with van der Waals surface area (Å²) >= 11 is 6.98. The van der Waals surface area contributed by atoms with Crippen molar-refractivity contribution in [3.8, 4) is 10.6 Å². The molecule has 0 fully saturated rings. The second-order valence-electron chi connectivity index (χ2n) is 6.52. The standard InChI is InChI=1S/C20H19ClN4O4S2/c1-13-18(30-20(22-13)14-6-4-3-5-7-14)19(27)24-23-17(26)12-25(2)31(28,29)16-10-8-15(21)9-11-16/h3-11H,12H2,1-2H3,(H,23,26)(H,24,27). The first-order valence-corrected chi connectivity index (χ1v) is 11.7. The predicted octanol–water partition coefficient (Wildman–Crippen LogP) is 2.85. The molecule has 2 aromatic carbocycles. The number of carbonyl (C=O) groups is 2. The molecule has 0 aliphatic carbocycles. The Hall–Kier alpha value is -2.79. The maximum atomic E-state index is 12.5. The van der Waals surface area contributed by atoms with Gasteiger partial charge >= 0.3 is 0 Å². The topological polar surface area (TPSA) is 108 Å². The number of aryl methyl sites for hydroxylation is 1. The van der Waals surface area contributed by atoms with Crippen molar-refractivity contribution in [2.45, 2.75) is 11.8 Å². The zero-order valence-electron chi connectivity index (χ0n) is 16.6. The van der Waals surface area contributed by atoms with Crippen LogP contribution in [0.4, 0.5) is 0 Å². The van der Waals surface area contributed by atoms with Crippen LogP contribution in [0.2, 0.25) is 5.02 Å². The third-order valence-corrected chi connectivity index (χ3v) is 7.50. The molecule has 0 bridgehead atoms. The van der Waals surface area contributed by atoms with E-state index in [4.69, 9.17) is 11.6 Å². The molecule has 3 rings (SSSR count). The zero-order valence-corrected chi connectivity index (χ0v) is 19.0.